The molecule has 35 heavy (non-hydrogen) atoms. The van der Waals surface area contributed by atoms with Crippen LogP contribution in [-0.4, -0.2) is 88.9 Å². The van der Waals surface area contributed by atoms with Gasteiger partial charge in [-0.1, -0.05) is 12.8 Å². The molecule has 4 rings (SSSR count). The number of hydrogen-bond acceptors (Lipinski definition) is 9. The van der Waals surface area contributed by atoms with E-state index in [4.69, 9.17) is 0 Å². The molecule has 0 radical (unpaired) electrons. The lowest BCUT2D eigenvalue weighted by atomic mass is 9.94. The molecule has 0 saturated carbocycles. The number of hydrogen-bond donors (Lipinski definition) is 4. The zero-order chi connectivity index (χ0) is 24.9. The summed E-state index contributed by atoms with van der Waals surface area (Å²) in [7, 11) is 0. The number of benzene rings is 1. The number of nitrogens with zero attached hydrogens (tertiary/aromatic N) is 5. The number of β-amino-alcohol motifs (C(OH)–C–C–N with tert-alkyl or cyclic N) is 1. The van der Waals surface area contributed by atoms with Crippen LogP contribution in [0.3, 0.4) is 0 Å². The van der Waals surface area contributed by atoms with E-state index in [2.05, 4.69) is 19.5 Å². The molecular weight excluding hydrogens is 450 g/mol. The molecule has 188 valence electrons. The summed E-state index contributed by atoms with van der Waals surface area (Å²) in [6, 6.07) is 6.82. The molecule has 3 heterocycles. The summed E-state index contributed by atoms with van der Waals surface area (Å²) in [5, 5.41) is 40.0. The van der Waals surface area contributed by atoms with Crippen molar-refractivity contribution in [1.29, 1.82) is 0 Å². The molecule has 0 spiro atoms. The first-order valence-corrected chi connectivity index (χ1v) is 12.1. The van der Waals surface area contributed by atoms with Crippen LogP contribution in [0, 0.1) is 6.92 Å². The second kappa shape index (κ2) is 11.3. The summed E-state index contributed by atoms with van der Waals surface area (Å²) < 4.78 is 2.06. The summed E-state index contributed by atoms with van der Waals surface area (Å²) in [4.78, 5) is 27.2. The maximum Gasteiger partial charge on any atom is 0.280 e. The number of aliphatic hydroxyl groups is 4. The topological polar surface area (TPSA) is 145 Å². The van der Waals surface area contributed by atoms with Crippen molar-refractivity contribution in [2.75, 3.05) is 19.7 Å². The summed E-state index contributed by atoms with van der Waals surface area (Å²) in [5.74, 6) is 1.24. The molecule has 0 unspecified atom stereocenters. The molecule has 1 fully saturated rings. The summed E-state index contributed by atoms with van der Waals surface area (Å²) in [5.41, 5.74) is 1.35. The molecule has 2 aromatic heterocycles. The average Bonchev–Trinajstić information content (AvgIpc) is 2.86. The number of likely N-dealkylation sites (tertiary alicyclic amines) is 1. The number of piperidine rings is 1. The predicted molar refractivity (Wildman–Crippen MR) is 131 cm³/mol. The van der Waals surface area contributed by atoms with Gasteiger partial charge in [-0.25, -0.2) is 9.97 Å². The van der Waals surface area contributed by atoms with E-state index in [1.165, 1.54) is 0 Å². The highest BCUT2D eigenvalue weighted by atomic mass is 16.4. The number of unbranched alkanes of at least 4 members (excludes halogenated alkanes) is 3. The third kappa shape index (κ3) is 5.57. The molecule has 3 aromatic rings. The molecule has 4 atom stereocenters. The van der Waals surface area contributed by atoms with E-state index in [1.54, 1.807) is 24.5 Å². The number of aromatic nitrogens is 4. The van der Waals surface area contributed by atoms with Crippen LogP contribution in [0.15, 0.2) is 41.5 Å². The van der Waals surface area contributed by atoms with Gasteiger partial charge < -0.3 is 25.0 Å². The second-order valence-corrected chi connectivity index (χ2v) is 9.13. The molecule has 1 aromatic carbocycles. The first-order chi connectivity index (χ1) is 16.9. The van der Waals surface area contributed by atoms with Gasteiger partial charge in [0.1, 0.15) is 18.0 Å². The molecule has 0 aliphatic carbocycles. The Kier molecular flexibility index (Phi) is 8.19. The number of rotatable bonds is 9. The van der Waals surface area contributed by atoms with E-state index in [0.29, 0.717) is 23.6 Å². The molecular formula is C25H33N5O5. The van der Waals surface area contributed by atoms with Crippen molar-refractivity contribution < 1.29 is 20.4 Å². The monoisotopic (exact) mass is 483 g/mol. The Balaban J connectivity index is 1.35. The normalized spacial score (nSPS) is 23.1. The van der Waals surface area contributed by atoms with E-state index < -0.39 is 24.4 Å². The largest absolute Gasteiger partial charge is 0.395 e. The van der Waals surface area contributed by atoms with Crippen LogP contribution in [-0.2, 0) is 6.54 Å². The zero-order valence-electron chi connectivity index (χ0n) is 19.9. The van der Waals surface area contributed by atoms with Gasteiger partial charge in [-0.2, -0.15) is 4.98 Å². The van der Waals surface area contributed by atoms with Crippen LogP contribution in [0.1, 0.15) is 31.5 Å². The van der Waals surface area contributed by atoms with Gasteiger partial charge in [-0.15, -0.1) is 0 Å². The standard InChI is InChI=1S/C25H33N5O5/c1-16-28-25(35)18-13-17(24-26-9-6-10-27-24)7-8-19(18)30(16)12-5-3-2-4-11-29-14-21(32)23(34)22(33)20(29)15-31/h6-10,13,20-23,31-34H,2-5,11-12,14-15H2,1H3/t20-,21+,22-,23-/m1/s1. The Morgan fingerprint density at radius 3 is 2.43 bits per heavy atom. The van der Waals surface area contributed by atoms with Crippen LogP contribution < -0.4 is 5.56 Å². The van der Waals surface area contributed by atoms with Crippen molar-refractivity contribution >= 4 is 10.9 Å². The number of aryl methyl sites for hydroxylation is 2. The van der Waals surface area contributed by atoms with Crippen LogP contribution in [0.25, 0.3) is 22.3 Å². The van der Waals surface area contributed by atoms with Gasteiger partial charge in [0.25, 0.3) is 5.56 Å². The Hall–Kier alpha value is -2.76. The van der Waals surface area contributed by atoms with E-state index in [-0.39, 0.29) is 18.7 Å². The minimum Gasteiger partial charge on any atom is -0.395 e. The Labute approximate surface area is 203 Å². The molecule has 0 bridgehead atoms. The van der Waals surface area contributed by atoms with Gasteiger partial charge in [0, 0.05) is 31.0 Å². The van der Waals surface area contributed by atoms with Gasteiger partial charge in [-0.3, -0.25) is 9.69 Å². The van der Waals surface area contributed by atoms with E-state index in [1.807, 2.05) is 24.0 Å². The Bertz CT molecular complexity index is 1190. The van der Waals surface area contributed by atoms with Crippen molar-refractivity contribution in [3.05, 3.63) is 52.8 Å². The lowest BCUT2D eigenvalue weighted by Gasteiger charge is -2.43. The van der Waals surface area contributed by atoms with E-state index in [0.717, 1.165) is 43.3 Å². The molecule has 1 saturated heterocycles. The third-order valence-corrected chi connectivity index (χ3v) is 6.79. The molecule has 10 heteroatoms. The van der Waals surface area contributed by atoms with Crippen molar-refractivity contribution in [3.63, 3.8) is 0 Å². The first-order valence-electron chi connectivity index (χ1n) is 12.1. The van der Waals surface area contributed by atoms with E-state index in [9.17, 15) is 25.2 Å². The molecule has 1 aliphatic rings. The Morgan fingerprint density at radius 1 is 1.00 bits per heavy atom. The maximum atomic E-state index is 12.6. The van der Waals surface area contributed by atoms with Gasteiger partial charge in [0.2, 0.25) is 0 Å². The fraction of sp³-hybridized carbons (Fsp3) is 0.520. The van der Waals surface area contributed by atoms with Gasteiger partial charge in [0.15, 0.2) is 5.82 Å². The quantitative estimate of drug-likeness (QED) is 0.319. The molecule has 10 nitrogen and oxygen atoms in total. The van der Waals surface area contributed by atoms with Gasteiger partial charge in [0.05, 0.1) is 29.7 Å². The fourth-order valence-electron chi connectivity index (χ4n) is 4.83. The molecule has 1 aliphatic heterocycles. The zero-order valence-corrected chi connectivity index (χ0v) is 19.9. The number of aliphatic hydroxyl groups excluding tert-OH is 4. The lowest BCUT2D eigenvalue weighted by Crippen LogP contribution is -2.62. The fourth-order valence-corrected chi connectivity index (χ4v) is 4.83. The minimum atomic E-state index is -1.23. The maximum absolute atomic E-state index is 12.6. The highest BCUT2D eigenvalue weighted by molar-refractivity contribution is 5.83. The smallest absolute Gasteiger partial charge is 0.280 e. The highest BCUT2D eigenvalue weighted by Gasteiger charge is 2.40. The summed E-state index contributed by atoms with van der Waals surface area (Å²) in [6.07, 6.45) is 3.54. The molecule has 4 N–H and O–H groups in total. The summed E-state index contributed by atoms with van der Waals surface area (Å²) in [6.45, 7) is 3.15. The first kappa shape index (κ1) is 25.3. The average molecular weight is 484 g/mol. The predicted octanol–water partition coefficient (Wildman–Crippen LogP) is 0.482. The van der Waals surface area contributed by atoms with Crippen molar-refractivity contribution in [2.24, 2.45) is 0 Å². The van der Waals surface area contributed by atoms with Gasteiger partial charge >= 0.3 is 0 Å². The van der Waals surface area contributed by atoms with Crippen LogP contribution >= 0.6 is 0 Å². The van der Waals surface area contributed by atoms with Crippen LogP contribution in [0.4, 0.5) is 0 Å². The summed E-state index contributed by atoms with van der Waals surface area (Å²) >= 11 is 0. The van der Waals surface area contributed by atoms with Gasteiger partial charge in [-0.05, 0) is 50.6 Å². The van der Waals surface area contributed by atoms with Crippen molar-refractivity contribution in [1.82, 2.24) is 24.4 Å². The lowest BCUT2D eigenvalue weighted by molar-refractivity contribution is -0.145. The van der Waals surface area contributed by atoms with Crippen molar-refractivity contribution in [3.8, 4) is 11.4 Å². The highest BCUT2D eigenvalue weighted by Crippen LogP contribution is 2.22. The minimum absolute atomic E-state index is 0.230. The second-order valence-electron chi connectivity index (χ2n) is 9.13. The van der Waals surface area contributed by atoms with Crippen LogP contribution in [0.5, 0.6) is 0 Å². The number of fused-ring (bicyclic) bond motifs is 1. The Morgan fingerprint density at radius 2 is 1.71 bits per heavy atom. The van der Waals surface area contributed by atoms with E-state index >= 15 is 0 Å². The third-order valence-electron chi connectivity index (χ3n) is 6.79. The molecule has 0 amide bonds. The SMILES string of the molecule is Cc1nc(=O)c2cc(-c3ncccn3)ccc2n1CCCCCCN1C[C@H](O)[C@@H](O)[C@H](O)[C@H]1CO. The van der Waals surface area contributed by atoms with Crippen LogP contribution in [0.2, 0.25) is 0 Å². The van der Waals surface area contributed by atoms with Crippen molar-refractivity contribution in [2.45, 2.75) is 63.5 Å².